The topological polar surface area (TPSA) is 64.7 Å². The van der Waals surface area contributed by atoms with Crippen molar-refractivity contribution in [3.05, 3.63) is 66.2 Å². The summed E-state index contributed by atoms with van der Waals surface area (Å²) in [5.41, 5.74) is 5.31. The van der Waals surface area contributed by atoms with Gasteiger partial charge in [-0.1, -0.05) is 23.4 Å². The van der Waals surface area contributed by atoms with Crippen molar-refractivity contribution in [1.29, 1.82) is 0 Å². The average molecular weight is 369 g/mol. The van der Waals surface area contributed by atoms with Crippen LogP contribution in [0.1, 0.15) is 17.3 Å². The maximum absolute atomic E-state index is 12.8. The number of aromatic nitrogens is 4. The summed E-state index contributed by atoms with van der Waals surface area (Å²) in [6, 6.07) is 19.8. The second kappa shape index (κ2) is 6.20. The highest BCUT2D eigenvalue weighted by molar-refractivity contribution is 6.11. The Hall–Kier alpha value is -3.67. The van der Waals surface area contributed by atoms with E-state index in [2.05, 4.69) is 51.4 Å². The van der Waals surface area contributed by atoms with E-state index >= 15 is 0 Å². The van der Waals surface area contributed by atoms with Crippen molar-refractivity contribution in [3.8, 4) is 0 Å². The van der Waals surface area contributed by atoms with Crippen LogP contribution in [0.15, 0.2) is 60.7 Å². The Bertz CT molecular complexity index is 1360. The van der Waals surface area contributed by atoms with E-state index in [-0.39, 0.29) is 5.91 Å². The molecule has 0 saturated heterocycles. The first-order valence-corrected chi connectivity index (χ1v) is 9.27. The van der Waals surface area contributed by atoms with Gasteiger partial charge in [0.2, 0.25) is 0 Å². The van der Waals surface area contributed by atoms with Crippen molar-refractivity contribution in [3.63, 3.8) is 0 Å². The standard InChI is InChI=1S/C22H19N5O/c1-3-27-19-7-5-4-6-16(19)17-13-15(9-11-20(17)27)23-22(28)14-8-10-21-18(12-14)24-25-26(21)2/h4-13H,3H2,1-2H3,(H,23,28). The van der Waals surface area contributed by atoms with Gasteiger partial charge in [-0.05, 0) is 49.4 Å². The summed E-state index contributed by atoms with van der Waals surface area (Å²) in [5, 5.41) is 13.4. The minimum Gasteiger partial charge on any atom is -0.341 e. The average Bonchev–Trinajstić information content (AvgIpc) is 3.25. The third-order valence-electron chi connectivity index (χ3n) is 5.22. The van der Waals surface area contributed by atoms with Gasteiger partial charge < -0.3 is 9.88 Å². The van der Waals surface area contributed by atoms with Crippen LogP contribution in [0.5, 0.6) is 0 Å². The number of hydrogen-bond acceptors (Lipinski definition) is 3. The third-order valence-corrected chi connectivity index (χ3v) is 5.22. The van der Waals surface area contributed by atoms with Crippen molar-refractivity contribution in [1.82, 2.24) is 19.6 Å². The molecule has 0 aliphatic heterocycles. The van der Waals surface area contributed by atoms with Crippen LogP contribution >= 0.6 is 0 Å². The van der Waals surface area contributed by atoms with Gasteiger partial charge in [0, 0.05) is 46.6 Å². The lowest BCUT2D eigenvalue weighted by Gasteiger charge is -2.07. The summed E-state index contributed by atoms with van der Waals surface area (Å²) in [5.74, 6) is -0.161. The Labute approximate surface area is 161 Å². The third kappa shape index (κ3) is 2.45. The predicted octanol–water partition coefficient (Wildman–Crippen LogP) is 4.35. The number of hydrogen-bond donors (Lipinski definition) is 1. The first-order valence-electron chi connectivity index (χ1n) is 9.27. The molecule has 138 valence electrons. The van der Waals surface area contributed by atoms with E-state index < -0.39 is 0 Å². The molecule has 0 fully saturated rings. The van der Waals surface area contributed by atoms with E-state index in [0.29, 0.717) is 11.1 Å². The van der Waals surface area contributed by atoms with Gasteiger partial charge in [-0.25, -0.2) is 4.68 Å². The molecule has 0 radical (unpaired) electrons. The lowest BCUT2D eigenvalue weighted by Crippen LogP contribution is -2.11. The highest BCUT2D eigenvalue weighted by Gasteiger charge is 2.13. The normalized spacial score (nSPS) is 11.5. The zero-order chi connectivity index (χ0) is 19.3. The number of aryl methyl sites for hydroxylation is 2. The molecule has 2 aromatic heterocycles. The number of fused-ring (bicyclic) bond motifs is 4. The van der Waals surface area contributed by atoms with Gasteiger partial charge in [0.15, 0.2) is 0 Å². The zero-order valence-corrected chi connectivity index (χ0v) is 15.7. The minimum absolute atomic E-state index is 0.161. The molecule has 0 unspecified atom stereocenters. The van der Waals surface area contributed by atoms with Gasteiger partial charge in [-0.15, -0.1) is 5.10 Å². The van der Waals surface area contributed by atoms with E-state index in [4.69, 9.17) is 0 Å². The molecule has 6 nitrogen and oxygen atoms in total. The molecule has 0 aliphatic rings. The predicted molar refractivity (Wildman–Crippen MR) is 112 cm³/mol. The van der Waals surface area contributed by atoms with E-state index in [1.807, 2.05) is 31.3 Å². The SMILES string of the molecule is CCn1c2ccccc2c2cc(NC(=O)c3ccc4c(c3)nnn4C)ccc21. The van der Waals surface area contributed by atoms with Crippen molar-refractivity contribution >= 4 is 44.4 Å². The van der Waals surface area contributed by atoms with E-state index in [0.717, 1.165) is 23.1 Å². The fourth-order valence-electron chi connectivity index (χ4n) is 3.86. The lowest BCUT2D eigenvalue weighted by molar-refractivity contribution is 0.102. The first kappa shape index (κ1) is 16.5. The molecule has 5 rings (SSSR count). The molecule has 2 heterocycles. The molecule has 0 atom stereocenters. The van der Waals surface area contributed by atoms with E-state index in [1.54, 1.807) is 16.8 Å². The van der Waals surface area contributed by atoms with E-state index in [1.165, 1.54) is 16.4 Å². The van der Waals surface area contributed by atoms with Crippen LogP contribution < -0.4 is 5.32 Å². The number of nitrogens with one attached hydrogen (secondary N) is 1. The second-order valence-corrected chi connectivity index (χ2v) is 6.86. The summed E-state index contributed by atoms with van der Waals surface area (Å²) < 4.78 is 3.98. The van der Waals surface area contributed by atoms with Crippen LogP contribution in [0.25, 0.3) is 32.8 Å². The molecule has 3 aromatic carbocycles. The largest absolute Gasteiger partial charge is 0.341 e. The van der Waals surface area contributed by atoms with Crippen LogP contribution in [-0.4, -0.2) is 25.5 Å². The maximum atomic E-state index is 12.8. The Balaban J connectivity index is 1.53. The summed E-state index contributed by atoms with van der Waals surface area (Å²) in [4.78, 5) is 12.8. The number of amides is 1. The molecule has 6 heteroatoms. The highest BCUT2D eigenvalue weighted by Crippen LogP contribution is 2.31. The molecular weight excluding hydrogens is 350 g/mol. The zero-order valence-electron chi connectivity index (χ0n) is 15.7. The van der Waals surface area contributed by atoms with E-state index in [9.17, 15) is 4.79 Å². The molecule has 1 N–H and O–H groups in total. The lowest BCUT2D eigenvalue weighted by atomic mass is 10.1. The quantitative estimate of drug-likeness (QED) is 0.514. The van der Waals surface area contributed by atoms with Gasteiger partial charge in [-0.3, -0.25) is 4.79 Å². The van der Waals surface area contributed by atoms with Crippen molar-refractivity contribution in [2.45, 2.75) is 13.5 Å². The van der Waals surface area contributed by atoms with Crippen LogP contribution in [0.2, 0.25) is 0 Å². The molecule has 0 aliphatic carbocycles. The number of rotatable bonds is 3. The summed E-state index contributed by atoms with van der Waals surface area (Å²) in [6.45, 7) is 3.04. The fourth-order valence-corrected chi connectivity index (χ4v) is 3.86. The number of carbonyl (C=O) groups excluding carboxylic acids is 1. The van der Waals surface area contributed by atoms with Crippen molar-refractivity contribution < 1.29 is 4.79 Å². The molecule has 28 heavy (non-hydrogen) atoms. The summed E-state index contributed by atoms with van der Waals surface area (Å²) >= 11 is 0. The summed E-state index contributed by atoms with van der Waals surface area (Å²) in [6.07, 6.45) is 0. The van der Waals surface area contributed by atoms with Gasteiger partial charge in [0.05, 0.1) is 5.52 Å². The van der Waals surface area contributed by atoms with Crippen LogP contribution in [-0.2, 0) is 13.6 Å². The number of benzene rings is 3. The Morgan fingerprint density at radius 2 is 1.75 bits per heavy atom. The maximum Gasteiger partial charge on any atom is 0.255 e. The molecule has 0 bridgehead atoms. The number of nitrogens with zero attached hydrogens (tertiary/aromatic N) is 4. The Morgan fingerprint density at radius 1 is 0.964 bits per heavy atom. The minimum atomic E-state index is -0.161. The summed E-state index contributed by atoms with van der Waals surface area (Å²) in [7, 11) is 1.83. The Morgan fingerprint density at radius 3 is 2.61 bits per heavy atom. The number of anilines is 1. The molecular formula is C22H19N5O. The van der Waals surface area contributed by atoms with Gasteiger partial charge >= 0.3 is 0 Å². The van der Waals surface area contributed by atoms with Gasteiger partial charge in [0.25, 0.3) is 5.91 Å². The smallest absolute Gasteiger partial charge is 0.255 e. The van der Waals surface area contributed by atoms with Crippen molar-refractivity contribution in [2.75, 3.05) is 5.32 Å². The molecule has 0 saturated carbocycles. The van der Waals surface area contributed by atoms with Crippen LogP contribution in [0.4, 0.5) is 5.69 Å². The van der Waals surface area contributed by atoms with Crippen LogP contribution in [0, 0.1) is 0 Å². The van der Waals surface area contributed by atoms with Gasteiger partial charge in [0.1, 0.15) is 5.52 Å². The van der Waals surface area contributed by atoms with Crippen LogP contribution in [0.3, 0.4) is 0 Å². The molecule has 1 amide bonds. The second-order valence-electron chi connectivity index (χ2n) is 6.86. The highest BCUT2D eigenvalue weighted by atomic mass is 16.1. The van der Waals surface area contributed by atoms with Gasteiger partial charge in [-0.2, -0.15) is 0 Å². The monoisotopic (exact) mass is 369 g/mol. The molecule has 0 spiro atoms. The first-order chi connectivity index (χ1) is 13.7. The fraction of sp³-hybridized carbons (Fsp3) is 0.136. The Kier molecular flexibility index (Phi) is 3.65. The van der Waals surface area contributed by atoms with Crippen molar-refractivity contribution in [2.24, 2.45) is 7.05 Å². The number of para-hydroxylation sites is 1. The number of carbonyl (C=O) groups is 1. The molecule has 5 aromatic rings.